The van der Waals surface area contributed by atoms with Crippen molar-refractivity contribution >= 4 is 20.9 Å². The number of benzene rings is 2. The van der Waals surface area contributed by atoms with Crippen molar-refractivity contribution < 1.29 is 13.2 Å². The Balaban J connectivity index is 1.34. The first-order valence-corrected chi connectivity index (χ1v) is 14.2. The Hall–Kier alpha value is -3.20. The van der Waals surface area contributed by atoms with Gasteiger partial charge in [-0.1, -0.05) is 42.0 Å². The molecule has 2 saturated heterocycles. The number of nitrogens with zero attached hydrogens (tertiary/aromatic N) is 3. The van der Waals surface area contributed by atoms with E-state index in [1.54, 1.807) is 43.7 Å². The number of ether oxygens (including phenoxy) is 1. The van der Waals surface area contributed by atoms with E-state index in [9.17, 15) is 13.2 Å². The summed E-state index contributed by atoms with van der Waals surface area (Å²) in [5, 5.41) is 0.619. The smallest absolute Gasteiger partial charge is 0.275 e. The number of fused-ring (bicyclic) bond motifs is 1. The van der Waals surface area contributed by atoms with Crippen LogP contribution >= 0.6 is 0 Å². The first-order chi connectivity index (χ1) is 17.8. The van der Waals surface area contributed by atoms with E-state index in [1.165, 1.54) is 16.6 Å². The molecule has 0 atom stereocenters. The van der Waals surface area contributed by atoms with Gasteiger partial charge in [0, 0.05) is 50.0 Å². The molecule has 2 aliphatic heterocycles. The lowest BCUT2D eigenvalue weighted by Crippen LogP contribution is -2.52. The van der Waals surface area contributed by atoms with Gasteiger partial charge in [-0.15, -0.1) is 0 Å². The van der Waals surface area contributed by atoms with E-state index in [0.717, 1.165) is 59.7 Å². The highest BCUT2D eigenvalue weighted by atomic mass is 32.2. The number of hydrogen-bond acceptors (Lipinski definition) is 5. The first-order valence-electron chi connectivity index (χ1n) is 12.7. The van der Waals surface area contributed by atoms with Gasteiger partial charge in [-0.2, -0.15) is 0 Å². The number of hydrogen-bond donors (Lipinski definition) is 0. The van der Waals surface area contributed by atoms with Crippen molar-refractivity contribution in [1.29, 1.82) is 0 Å². The second-order valence-electron chi connectivity index (χ2n) is 10.4. The second-order valence-corrected chi connectivity index (χ2v) is 12.2. The molecule has 37 heavy (non-hydrogen) atoms. The fraction of sp³-hybridized carbons (Fsp3) is 0.345. The molecule has 8 heteroatoms. The van der Waals surface area contributed by atoms with Crippen LogP contribution < -0.4 is 5.56 Å². The highest BCUT2D eigenvalue weighted by Gasteiger charge is 2.40. The normalized spacial score (nSPS) is 17.8. The average molecular weight is 518 g/mol. The number of piperidine rings is 1. The third-order valence-electron chi connectivity index (χ3n) is 7.98. The maximum atomic E-state index is 13.6. The van der Waals surface area contributed by atoms with Gasteiger partial charge in [0.05, 0.1) is 17.1 Å². The topological polar surface area (TPSA) is 73.5 Å². The van der Waals surface area contributed by atoms with Crippen molar-refractivity contribution in [3.05, 3.63) is 88.5 Å². The molecule has 0 saturated carbocycles. The lowest BCUT2D eigenvalue weighted by Gasteiger charge is -2.47. The monoisotopic (exact) mass is 517 g/mol. The lowest BCUT2D eigenvalue weighted by molar-refractivity contribution is -0.173. The summed E-state index contributed by atoms with van der Waals surface area (Å²) in [4.78, 5) is 15.8. The van der Waals surface area contributed by atoms with Crippen molar-refractivity contribution in [3.8, 4) is 11.1 Å². The predicted molar refractivity (Wildman–Crippen MR) is 144 cm³/mol. The SMILES string of the molecule is Cc1ccc(S(=O)(=O)n2cc(-c3ccc(CN4CCC5(CCO5)CC4)cc3)c3ccn(C)c(=O)c32)cc1. The van der Waals surface area contributed by atoms with Gasteiger partial charge in [0.25, 0.3) is 15.6 Å². The number of likely N-dealkylation sites (tertiary alicyclic amines) is 1. The second kappa shape index (κ2) is 8.97. The summed E-state index contributed by atoms with van der Waals surface area (Å²) in [5.74, 6) is 0. The van der Waals surface area contributed by atoms with Gasteiger partial charge in [0.1, 0.15) is 5.52 Å². The summed E-state index contributed by atoms with van der Waals surface area (Å²) in [5.41, 5.74) is 3.72. The van der Waals surface area contributed by atoms with Crippen LogP contribution in [-0.4, -0.2) is 47.2 Å². The molecule has 1 spiro atoms. The zero-order valence-electron chi connectivity index (χ0n) is 21.2. The van der Waals surface area contributed by atoms with Crippen LogP contribution in [-0.2, 0) is 28.4 Å². The van der Waals surface area contributed by atoms with E-state index in [1.807, 2.05) is 25.1 Å². The van der Waals surface area contributed by atoms with Gasteiger partial charge in [-0.05, 0) is 55.5 Å². The van der Waals surface area contributed by atoms with Crippen LogP contribution in [0.25, 0.3) is 22.0 Å². The van der Waals surface area contributed by atoms with E-state index in [4.69, 9.17) is 4.74 Å². The van der Waals surface area contributed by atoms with Crippen LogP contribution in [0.15, 0.2) is 76.7 Å². The molecule has 2 aliphatic rings. The molecular formula is C29H31N3O4S. The van der Waals surface area contributed by atoms with Crippen LogP contribution in [0.5, 0.6) is 0 Å². The molecule has 2 aromatic heterocycles. The Morgan fingerprint density at radius 1 is 0.946 bits per heavy atom. The Morgan fingerprint density at radius 3 is 2.24 bits per heavy atom. The quantitative estimate of drug-likeness (QED) is 0.395. The number of aryl methyl sites for hydroxylation is 2. The van der Waals surface area contributed by atoms with E-state index >= 15 is 0 Å². The average Bonchev–Trinajstić information content (AvgIpc) is 3.28. The minimum atomic E-state index is -3.96. The molecule has 2 aromatic carbocycles. The minimum Gasteiger partial charge on any atom is -0.375 e. The standard InChI is InChI=1S/C29H31N3O4S/c1-21-3-9-24(10-4-21)37(34,35)32-20-26(25-11-15-30(2)28(33)27(25)32)23-7-5-22(6-8-23)19-31-16-12-29(13-17-31)14-18-36-29/h3-11,15,20H,12-14,16-19H2,1-2H3. The Morgan fingerprint density at radius 2 is 1.62 bits per heavy atom. The maximum absolute atomic E-state index is 13.6. The molecule has 0 unspecified atom stereocenters. The lowest BCUT2D eigenvalue weighted by atomic mass is 9.84. The fourth-order valence-electron chi connectivity index (χ4n) is 5.49. The molecule has 0 radical (unpaired) electrons. The van der Waals surface area contributed by atoms with Gasteiger partial charge in [0.2, 0.25) is 0 Å². The number of aromatic nitrogens is 2. The highest BCUT2D eigenvalue weighted by molar-refractivity contribution is 7.90. The molecule has 0 amide bonds. The van der Waals surface area contributed by atoms with Gasteiger partial charge < -0.3 is 9.30 Å². The van der Waals surface area contributed by atoms with E-state index in [-0.39, 0.29) is 21.6 Å². The van der Waals surface area contributed by atoms with E-state index in [0.29, 0.717) is 5.39 Å². The first kappa shape index (κ1) is 24.2. The minimum absolute atomic E-state index is 0.143. The fourth-order valence-corrected chi connectivity index (χ4v) is 6.86. The number of pyridine rings is 1. The molecular weight excluding hydrogens is 486 g/mol. The Bertz CT molecular complexity index is 1620. The molecule has 192 valence electrons. The third kappa shape index (κ3) is 4.23. The summed E-state index contributed by atoms with van der Waals surface area (Å²) in [6.07, 6.45) is 6.63. The molecule has 0 aliphatic carbocycles. The zero-order chi connectivity index (χ0) is 25.8. The molecule has 2 fully saturated rings. The summed E-state index contributed by atoms with van der Waals surface area (Å²) in [6.45, 7) is 5.76. The largest absolute Gasteiger partial charge is 0.375 e. The molecule has 6 rings (SSSR count). The van der Waals surface area contributed by atoms with Crippen molar-refractivity contribution in [2.75, 3.05) is 19.7 Å². The summed E-state index contributed by atoms with van der Waals surface area (Å²) in [7, 11) is -2.33. The zero-order valence-corrected chi connectivity index (χ0v) is 22.0. The maximum Gasteiger partial charge on any atom is 0.275 e. The van der Waals surface area contributed by atoms with Crippen LogP contribution in [0.1, 0.15) is 30.4 Å². The molecule has 0 N–H and O–H groups in total. The van der Waals surface area contributed by atoms with Gasteiger partial charge >= 0.3 is 0 Å². The van der Waals surface area contributed by atoms with Crippen molar-refractivity contribution in [2.45, 2.75) is 43.2 Å². The number of rotatable bonds is 5. The van der Waals surface area contributed by atoms with Crippen molar-refractivity contribution in [1.82, 2.24) is 13.4 Å². The third-order valence-corrected chi connectivity index (χ3v) is 9.66. The highest BCUT2D eigenvalue weighted by Crippen LogP contribution is 2.37. The summed E-state index contributed by atoms with van der Waals surface area (Å²) >= 11 is 0. The molecule has 0 bridgehead atoms. The van der Waals surface area contributed by atoms with E-state index < -0.39 is 10.0 Å². The Labute approximate surface area is 217 Å². The van der Waals surface area contributed by atoms with Crippen molar-refractivity contribution in [2.24, 2.45) is 7.05 Å². The summed E-state index contributed by atoms with van der Waals surface area (Å²) in [6, 6.07) is 16.7. The van der Waals surface area contributed by atoms with Crippen LogP contribution in [0.2, 0.25) is 0 Å². The molecule has 4 aromatic rings. The summed E-state index contributed by atoms with van der Waals surface area (Å²) < 4.78 is 35.6. The van der Waals surface area contributed by atoms with Gasteiger partial charge in [-0.25, -0.2) is 12.4 Å². The van der Waals surface area contributed by atoms with Gasteiger partial charge in [-0.3, -0.25) is 9.69 Å². The van der Waals surface area contributed by atoms with E-state index in [2.05, 4.69) is 17.0 Å². The molecule has 7 nitrogen and oxygen atoms in total. The predicted octanol–water partition coefficient (Wildman–Crippen LogP) is 4.31. The van der Waals surface area contributed by atoms with Crippen molar-refractivity contribution in [3.63, 3.8) is 0 Å². The van der Waals surface area contributed by atoms with Crippen LogP contribution in [0.3, 0.4) is 0 Å². The van der Waals surface area contributed by atoms with Crippen LogP contribution in [0.4, 0.5) is 0 Å². The molecule has 4 heterocycles. The Kier molecular flexibility index (Phi) is 5.86. The van der Waals surface area contributed by atoms with Gasteiger partial charge in [0.15, 0.2) is 0 Å². The van der Waals surface area contributed by atoms with Crippen LogP contribution in [0, 0.1) is 6.92 Å².